The largest absolute Gasteiger partial charge is 0.493 e. The molecule has 0 atom stereocenters. The molecule has 0 unspecified atom stereocenters. The monoisotopic (exact) mass is 286 g/mol. The second-order valence-electron chi connectivity index (χ2n) is 4.89. The van der Waals surface area contributed by atoms with Gasteiger partial charge in [0, 0.05) is 23.4 Å². The second-order valence-corrected chi connectivity index (χ2v) is 5.89. The molecule has 1 aliphatic rings. The standard InChI is InChI=1S/C15H14N2O2S/c1-9(2)17-14(18)13(20-15(17)19)7-10-8-16-12-6-4-3-5-11(10)12/h3-9,18H,1-2H3. The van der Waals surface area contributed by atoms with Crippen LogP contribution < -0.4 is 4.87 Å². The van der Waals surface area contributed by atoms with Crippen LogP contribution in [-0.4, -0.2) is 15.9 Å². The van der Waals surface area contributed by atoms with E-state index in [2.05, 4.69) is 4.99 Å². The molecule has 0 fully saturated rings. The van der Waals surface area contributed by atoms with E-state index in [1.54, 1.807) is 6.21 Å². The van der Waals surface area contributed by atoms with E-state index in [0.717, 1.165) is 28.2 Å². The Bertz CT molecular complexity index is 781. The second kappa shape index (κ2) is 4.76. The normalized spacial score (nSPS) is 15.2. The van der Waals surface area contributed by atoms with Crippen molar-refractivity contribution in [2.24, 2.45) is 4.99 Å². The molecule has 4 nitrogen and oxygen atoms in total. The molecule has 0 spiro atoms. The highest BCUT2D eigenvalue weighted by molar-refractivity contribution is 7.10. The summed E-state index contributed by atoms with van der Waals surface area (Å²) in [5.74, 6) is 0.0280. The number of para-hydroxylation sites is 1. The van der Waals surface area contributed by atoms with Crippen molar-refractivity contribution in [2.45, 2.75) is 19.9 Å². The summed E-state index contributed by atoms with van der Waals surface area (Å²) in [6, 6.07) is 7.74. The molecule has 0 radical (unpaired) electrons. The van der Waals surface area contributed by atoms with E-state index >= 15 is 0 Å². The van der Waals surface area contributed by atoms with Crippen molar-refractivity contribution in [3.63, 3.8) is 0 Å². The zero-order valence-electron chi connectivity index (χ0n) is 11.2. The minimum atomic E-state index is -0.146. The number of nitrogens with zero attached hydrogens (tertiary/aromatic N) is 2. The third-order valence-electron chi connectivity index (χ3n) is 3.20. The summed E-state index contributed by atoms with van der Waals surface area (Å²) in [6.45, 7) is 3.74. The summed E-state index contributed by atoms with van der Waals surface area (Å²) >= 11 is 1.05. The van der Waals surface area contributed by atoms with Crippen LogP contribution in [0.4, 0.5) is 5.69 Å². The number of hydrogen-bond acceptors (Lipinski definition) is 4. The van der Waals surface area contributed by atoms with Crippen LogP contribution in [0.1, 0.15) is 30.3 Å². The Balaban J connectivity index is 2.10. The predicted molar refractivity (Wildman–Crippen MR) is 83.1 cm³/mol. The van der Waals surface area contributed by atoms with Crippen molar-refractivity contribution >= 4 is 34.9 Å². The lowest BCUT2D eigenvalue weighted by molar-refractivity contribution is 0.395. The Morgan fingerprint density at radius 3 is 2.80 bits per heavy atom. The summed E-state index contributed by atoms with van der Waals surface area (Å²) in [4.78, 5) is 16.6. The number of rotatable bonds is 2. The van der Waals surface area contributed by atoms with Crippen molar-refractivity contribution in [1.29, 1.82) is 0 Å². The van der Waals surface area contributed by atoms with Gasteiger partial charge in [-0.2, -0.15) is 0 Å². The van der Waals surface area contributed by atoms with Gasteiger partial charge in [-0.3, -0.25) is 14.4 Å². The lowest BCUT2D eigenvalue weighted by atomic mass is 10.1. The summed E-state index contributed by atoms with van der Waals surface area (Å²) in [6.07, 6.45) is 3.57. The van der Waals surface area contributed by atoms with Crippen LogP contribution in [0.25, 0.3) is 11.6 Å². The van der Waals surface area contributed by atoms with Crippen molar-refractivity contribution < 1.29 is 5.11 Å². The fourth-order valence-corrected chi connectivity index (χ4v) is 3.20. The number of allylic oxidation sites excluding steroid dienone is 1. The lowest BCUT2D eigenvalue weighted by Gasteiger charge is -2.06. The van der Waals surface area contributed by atoms with E-state index in [1.807, 2.05) is 44.2 Å². The maximum absolute atomic E-state index is 11.9. The average Bonchev–Trinajstić information content (AvgIpc) is 2.93. The molecule has 102 valence electrons. The molecule has 2 heterocycles. The molecule has 3 rings (SSSR count). The van der Waals surface area contributed by atoms with Gasteiger partial charge in [0.1, 0.15) is 0 Å². The van der Waals surface area contributed by atoms with Gasteiger partial charge in [0.15, 0.2) is 0 Å². The zero-order valence-corrected chi connectivity index (χ0v) is 12.0. The third-order valence-corrected chi connectivity index (χ3v) is 4.09. The van der Waals surface area contributed by atoms with E-state index < -0.39 is 0 Å². The van der Waals surface area contributed by atoms with Gasteiger partial charge < -0.3 is 5.11 Å². The van der Waals surface area contributed by atoms with E-state index in [9.17, 15) is 9.90 Å². The first-order valence-corrected chi connectivity index (χ1v) is 7.19. The minimum Gasteiger partial charge on any atom is -0.493 e. The summed E-state index contributed by atoms with van der Waals surface area (Å²) < 4.78 is 1.40. The number of aromatic hydroxyl groups is 1. The first kappa shape index (κ1) is 12.9. The van der Waals surface area contributed by atoms with Crippen LogP contribution in [0, 0.1) is 0 Å². The highest BCUT2D eigenvalue weighted by atomic mass is 32.1. The number of fused-ring (bicyclic) bond motifs is 1. The van der Waals surface area contributed by atoms with Gasteiger partial charge in [0.05, 0.1) is 10.6 Å². The predicted octanol–water partition coefficient (Wildman–Crippen LogP) is 3.45. The van der Waals surface area contributed by atoms with E-state index in [0.29, 0.717) is 4.88 Å². The molecule has 1 aromatic heterocycles. The Morgan fingerprint density at radius 2 is 2.10 bits per heavy atom. The number of hydrogen-bond donors (Lipinski definition) is 1. The first-order valence-electron chi connectivity index (χ1n) is 6.37. The number of aromatic nitrogens is 1. The topological polar surface area (TPSA) is 54.6 Å². The molecular formula is C15H14N2O2S. The van der Waals surface area contributed by atoms with Gasteiger partial charge >= 0.3 is 4.87 Å². The molecule has 1 aliphatic heterocycles. The molecule has 0 saturated heterocycles. The average molecular weight is 286 g/mol. The van der Waals surface area contributed by atoms with Gasteiger partial charge in [-0.25, -0.2) is 0 Å². The SMILES string of the molecule is CC(C)n1c(O)c(C=C2C=Nc3ccccc32)sc1=O. The van der Waals surface area contributed by atoms with E-state index in [4.69, 9.17) is 0 Å². The Hall–Kier alpha value is -2.14. The summed E-state index contributed by atoms with van der Waals surface area (Å²) in [7, 11) is 0. The van der Waals surface area contributed by atoms with Gasteiger partial charge in [0.25, 0.3) is 0 Å². The number of benzene rings is 1. The van der Waals surface area contributed by atoms with E-state index in [1.165, 1.54) is 4.57 Å². The molecule has 0 saturated carbocycles. The lowest BCUT2D eigenvalue weighted by Crippen LogP contribution is -2.14. The van der Waals surface area contributed by atoms with Gasteiger partial charge in [-0.1, -0.05) is 29.5 Å². The molecule has 2 aromatic rings. The Kier molecular flexibility index (Phi) is 3.06. The van der Waals surface area contributed by atoms with Gasteiger partial charge in [-0.15, -0.1) is 0 Å². The first-order chi connectivity index (χ1) is 9.58. The summed E-state index contributed by atoms with van der Waals surface area (Å²) in [5.41, 5.74) is 2.84. The molecule has 20 heavy (non-hydrogen) atoms. The molecule has 0 amide bonds. The van der Waals surface area contributed by atoms with Crippen LogP contribution in [0.15, 0.2) is 34.1 Å². The van der Waals surface area contributed by atoms with Crippen LogP contribution in [0.3, 0.4) is 0 Å². The summed E-state index contributed by atoms with van der Waals surface area (Å²) in [5, 5.41) is 10.2. The smallest absolute Gasteiger partial charge is 0.310 e. The molecule has 1 N–H and O–H groups in total. The quantitative estimate of drug-likeness (QED) is 0.919. The maximum atomic E-state index is 11.9. The number of thiazole rings is 1. The van der Waals surface area contributed by atoms with Gasteiger partial charge in [0.2, 0.25) is 5.88 Å². The molecule has 5 heteroatoms. The highest BCUT2D eigenvalue weighted by Gasteiger charge is 2.17. The fourth-order valence-electron chi connectivity index (χ4n) is 2.24. The van der Waals surface area contributed by atoms with Crippen molar-refractivity contribution in [3.8, 4) is 5.88 Å². The van der Waals surface area contributed by atoms with Crippen LogP contribution in [-0.2, 0) is 0 Å². The van der Waals surface area contributed by atoms with E-state index in [-0.39, 0.29) is 16.8 Å². The van der Waals surface area contributed by atoms with Gasteiger partial charge in [-0.05, 0) is 26.0 Å². The van der Waals surface area contributed by atoms with Crippen LogP contribution in [0.5, 0.6) is 5.88 Å². The van der Waals surface area contributed by atoms with Crippen LogP contribution >= 0.6 is 11.3 Å². The molecule has 0 aliphatic carbocycles. The fraction of sp³-hybridized carbons (Fsp3) is 0.200. The molecular weight excluding hydrogens is 272 g/mol. The van der Waals surface area contributed by atoms with Crippen molar-refractivity contribution in [2.75, 3.05) is 0 Å². The third kappa shape index (κ3) is 2.00. The Labute approximate surface area is 120 Å². The zero-order chi connectivity index (χ0) is 14.3. The van der Waals surface area contributed by atoms with Crippen molar-refractivity contribution in [1.82, 2.24) is 4.57 Å². The highest BCUT2D eigenvalue weighted by Crippen LogP contribution is 2.34. The maximum Gasteiger partial charge on any atom is 0.310 e. The molecule has 1 aromatic carbocycles. The minimum absolute atomic E-state index is 0.0280. The van der Waals surface area contributed by atoms with Crippen molar-refractivity contribution in [3.05, 3.63) is 44.4 Å². The van der Waals surface area contributed by atoms with Crippen LogP contribution in [0.2, 0.25) is 0 Å². The number of aliphatic imine (C=N–C) groups is 1. The Morgan fingerprint density at radius 1 is 1.35 bits per heavy atom. The molecule has 0 bridgehead atoms.